The van der Waals surface area contributed by atoms with Crippen LogP contribution in [0.2, 0.25) is 0 Å². The molecule has 0 unspecified atom stereocenters. The third kappa shape index (κ3) is 1.76. The number of oxazole rings is 1. The zero-order valence-electron chi connectivity index (χ0n) is 8.25. The summed E-state index contributed by atoms with van der Waals surface area (Å²) in [5.74, 6) is 0.313. The second-order valence-corrected chi connectivity index (χ2v) is 4.71. The molecule has 4 N–H and O–H groups in total. The van der Waals surface area contributed by atoms with Crippen molar-refractivity contribution >= 4 is 18.9 Å². The normalized spacial score (nSPS) is 11.9. The summed E-state index contributed by atoms with van der Waals surface area (Å²) in [7, 11) is -4.40. The second-order valence-electron chi connectivity index (χ2n) is 3.14. The Bertz CT molecular complexity index is 567. The van der Waals surface area contributed by atoms with Gasteiger partial charge in [-0.3, -0.25) is 4.57 Å². The van der Waals surface area contributed by atoms with Crippen molar-refractivity contribution in [1.29, 1.82) is 0 Å². The summed E-state index contributed by atoms with van der Waals surface area (Å²) in [5, 5.41) is -0.232. The molecular formula is C8H9N2O5P. The molecule has 86 valence electrons. The van der Waals surface area contributed by atoms with Crippen LogP contribution in [0.5, 0.6) is 0 Å². The first kappa shape index (κ1) is 10.9. The first-order valence-corrected chi connectivity index (χ1v) is 5.87. The highest BCUT2D eigenvalue weighted by atomic mass is 31.2. The van der Waals surface area contributed by atoms with E-state index in [4.69, 9.17) is 24.4 Å². The quantitative estimate of drug-likeness (QED) is 0.662. The van der Waals surface area contributed by atoms with Crippen LogP contribution in [0.3, 0.4) is 0 Å². The molecule has 0 aliphatic rings. The van der Waals surface area contributed by atoms with E-state index in [9.17, 15) is 4.57 Å². The van der Waals surface area contributed by atoms with E-state index in [1.165, 1.54) is 12.3 Å². The Kier molecular flexibility index (Phi) is 2.38. The molecule has 0 saturated carbocycles. The van der Waals surface area contributed by atoms with Gasteiger partial charge in [-0.2, -0.15) is 4.98 Å². The van der Waals surface area contributed by atoms with E-state index < -0.39 is 7.60 Å². The number of hydrogen-bond donors (Lipinski definition) is 3. The summed E-state index contributed by atoms with van der Waals surface area (Å²) in [6, 6.07) is 1.11. The molecule has 8 heteroatoms. The summed E-state index contributed by atoms with van der Waals surface area (Å²) in [6.07, 6.45) is 1.17. The Morgan fingerprint density at radius 2 is 2.19 bits per heavy atom. The molecule has 0 bridgehead atoms. The molecule has 2 aromatic rings. The molecule has 0 amide bonds. The lowest BCUT2D eigenvalue weighted by molar-refractivity contribution is 0.387. The average molecular weight is 244 g/mol. The van der Waals surface area contributed by atoms with Crippen molar-refractivity contribution in [3.05, 3.63) is 18.1 Å². The van der Waals surface area contributed by atoms with E-state index in [2.05, 4.69) is 4.98 Å². The predicted molar refractivity (Wildman–Crippen MR) is 55.0 cm³/mol. The van der Waals surface area contributed by atoms with Crippen LogP contribution in [0, 0.1) is 6.92 Å². The van der Waals surface area contributed by atoms with Gasteiger partial charge in [-0.15, -0.1) is 0 Å². The van der Waals surface area contributed by atoms with Crippen molar-refractivity contribution in [3.63, 3.8) is 0 Å². The van der Waals surface area contributed by atoms with Gasteiger partial charge in [0.05, 0.1) is 6.26 Å². The third-order valence-electron chi connectivity index (χ3n) is 1.99. The van der Waals surface area contributed by atoms with E-state index in [-0.39, 0.29) is 22.8 Å². The highest BCUT2D eigenvalue weighted by Crippen LogP contribution is 2.39. The maximum absolute atomic E-state index is 11.2. The minimum atomic E-state index is -4.40. The Hall–Kier alpha value is -1.56. The van der Waals surface area contributed by atoms with E-state index in [1.807, 2.05) is 0 Å². The van der Waals surface area contributed by atoms with E-state index in [1.54, 1.807) is 6.92 Å². The van der Waals surface area contributed by atoms with Gasteiger partial charge < -0.3 is 24.4 Å². The van der Waals surface area contributed by atoms with Gasteiger partial charge in [0.25, 0.3) is 6.01 Å². The fourth-order valence-electron chi connectivity index (χ4n) is 1.34. The summed E-state index contributed by atoms with van der Waals surface area (Å²) in [6.45, 7) is 1.57. The lowest BCUT2D eigenvalue weighted by Crippen LogP contribution is -2.04. The summed E-state index contributed by atoms with van der Waals surface area (Å²) >= 11 is 0. The second kappa shape index (κ2) is 3.48. The molecule has 16 heavy (non-hydrogen) atoms. The van der Waals surface area contributed by atoms with Crippen molar-refractivity contribution in [3.8, 4) is 11.5 Å². The molecule has 0 spiro atoms. The SMILES string of the molecule is Cc1oc(N)nc1-c1occc1P(=O)(O)O. The Morgan fingerprint density at radius 1 is 1.50 bits per heavy atom. The van der Waals surface area contributed by atoms with Crippen LogP contribution >= 0.6 is 7.60 Å². The minimum absolute atomic E-state index is 0.0220. The zero-order chi connectivity index (χ0) is 11.9. The van der Waals surface area contributed by atoms with Gasteiger partial charge in [-0.1, -0.05) is 0 Å². The van der Waals surface area contributed by atoms with Crippen LogP contribution in [0.1, 0.15) is 5.76 Å². The Labute approximate surface area is 90.1 Å². The van der Waals surface area contributed by atoms with Gasteiger partial charge in [-0.25, -0.2) is 0 Å². The van der Waals surface area contributed by atoms with Crippen molar-refractivity contribution in [2.45, 2.75) is 6.92 Å². The van der Waals surface area contributed by atoms with Crippen molar-refractivity contribution in [2.24, 2.45) is 0 Å². The van der Waals surface area contributed by atoms with E-state index in [0.717, 1.165) is 0 Å². The van der Waals surface area contributed by atoms with Crippen molar-refractivity contribution < 1.29 is 23.2 Å². The number of hydrogen-bond acceptors (Lipinski definition) is 5. The monoisotopic (exact) mass is 244 g/mol. The van der Waals surface area contributed by atoms with Gasteiger partial charge in [0, 0.05) is 0 Å². The molecule has 0 aliphatic heterocycles. The number of nitrogens with two attached hydrogens (primary N) is 1. The summed E-state index contributed by atoms with van der Waals surface area (Å²) < 4.78 is 21.1. The fraction of sp³-hybridized carbons (Fsp3) is 0.125. The lowest BCUT2D eigenvalue weighted by atomic mass is 10.3. The number of nitrogen functional groups attached to an aromatic ring is 1. The zero-order valence-corrected chi connectivity index (χ0v) is 9.14. The minimum Gasteiger partial charge on any atom is -0.462 e. The molecule has 0 fully saturated rings. The summed E-state index contributed by atoms with van der Waals surface area (Å²) in [5.41, 5.74) is 5.53. The maximum Gasteiger partial charge on any atom is 0.360 e. The van der Waals surface area contributed by atoms with Gasteiger partial charge >= 0.3 is 7.60 Å². The largest absolute Gasteiger partial charge is 0.462 e. The van der Waals surface area contributed by atoms with Crippen molar-refractivity contribution in [2.75, 3.05) is 5.73 Å². The molecule has 2 heterocycles. The van der Waals surface area contributed by atoms with E-state index >= 15 is 0 Å². The fourth-order valence-corrected chi connectivity index (χ4v) is 2.01. The first-order chi connectivity index (χ1) is 7.39. The number of aryl methyl sites for hydroxylation is 1. The van der Waals surface area contributed by atoms with Crippen LogP contribution in [-0.2, 0) is 4.57 Å². The Morgan fingerprint density at radius 3 is 2.69 bits per heavy atom. The number of aromatic nitrogens is 1. The highest BCUT2D eigenvalue weighted by Gasteiger charge is 2.28. The van der Waals surface area contributed by atoms with Crippen LogP contribution in [-0.4, -0.2) is 14.8 Å². The van der Waals surface area contributed by atoms with Gasteiger partial charge in [0.2, 0.25) is 0 Å². The smallest absolute Gasteiger partial charge is 0.360 e. The molecule has 2 rings (SSSR count). The number of rotatable bonds is 2. The van der Waals surface area contributed by atoms with Crippen molar-refractivity contribution in [1.82, 2.24) is 4.98 Å². The maximum atomic E-state index is 11.2. The average Bonchev–Trinajstić information content (AvgIpc) is 2.69. The molecular weight excluding hydrogens is 235 g/mol. The van der Waals surface area contributed by atoms with Gasteiger partial charge in [0.1, 0.15) is 11.1 Å². The molecule has 0 radical (unpaired) electrons. The lowest BCUT2D eigenvalue weighted by Gasteiger charge is -2.01. The summed E-state index contributed by atoms with van der Waals surface area (Å²) in [4.78, 5) is 22.0. The molecule has 7 nitrogen and oxygen atoms in total. The van der Waals surface area contributed by atoms with Crippen LogP contribution in [0.25, 0.3) is 11.5 Å². The number of nitrogens with zero attached hydrogens (tertiary/aromatic N) is 1. The van der Waals surface area contributed by atoms with Gasteiger partial charge in [-0.05, 0) is 13.0 Å². The van der Waals surface area contributed by atoms with E-state index in [0.29, 0.717) is 5.76 Å². The molecule has 0 aliphatic carbocycles. The first-order valence-electron chi connectivity index (χ1n) is 4.26. The molecule has 0 aromatic carbocycles. The van der Waals surface area contributed by atoms with Crippen LogP contribution < -0.4 is 11.0 Å². The molecule has 0 atom stereocenters. The number of anilines is 1. The third-order valence-corrected chi connectivity index (χ3v) is 2.97. The Balaban J connectivity index is 2.62. The number of furan rings is 1. The molecule has 0 saturated heterocycles. The van der Waals surface area contributed by atoms with Crippen LogP contribution in [0.4, 0.5) is 6.01 Å². The van der Waals surface area contributed by atoms with Gasteiger partial charge in [0.15, 0.2) is 11.5 Å². The highest BCUT2D eigenvalue weighted by molar-refractivity contribution is 7.60. The standard InChI is InChI=1S/C8H9N2O5P/c1-4-6(10-8(9)15-4)7-5(2-3-14-7)16(11,12)13/h2-3H,1H3,(H2,9,10)(H2,11,12,13). The molecule has 2 aromatic heterocycles. The predicted octanol–water partition coefficient (Wildman–Crippen LogP) is 0.628. The topological polar surface area (TPSA) is 123 Å². The van der Waals surface area contributed by atoms with Crippen LogP contribution in [0.15, 0.2) is 21.2 Å².